The first kappa shape index (κ1) is 21.9. The summed E-state index contributed by atoms with van der Waals surface area (Å²) in [5, 5.41) is 2.38. The number of carbonyl (C=O) groups excluding carboxylic acids is 1. The molecule has 1 aromatic carbocycles. The molecule has 0 bridgehead atoms. The van der Waals surface area contributed by atoms with Crippen LogP contribution < -0.4 is 15.0 Å². The Kier molecular flexibility index (Phi) is 6.52. The second-order valence-electron chi connectivity index (χ2n) is 7.19. The standard InChI is InChI=1S/C20H23F4N3O3/c1-3-12(2)29-15-7-6-13(10-14(15)21)25-18(28)17-16(11-20(22,23)24)30-19(26-17)27-8-4-5-9-27/h6-7,10,12H,3-5,8-9,11H2,1-2H3,(H,25,28). The molecule has 1 aliphatic rings. The van der Waals surface area contributed by atoms with Gasteiger partial charge in [-0.15, -0.1) is 0 Å². The smallest absolute Gasteiger partial charge is 0.396 e. The van der Waals surface area contributed by atoms with Gasteiger partial charge < -0.3 is 19.4 Å². The zero-order valence-electron chi connectivity index (χ0n) is 16.7. The van der Waals surface area contributed by atoms with E-state index in [4.69, 9.17) is 9.15 Å². The molecule has 0 radical (unpaired) electrons. The number of aromatic nitrogens is 1. The van der Waals surface area contributed by atoms with Crippen LogP contribution in [0.4, 0.5) is 29.3 Å². The van der Waals surface area contributed by atoms with E-state index in [1.807, 2.05) is 6.92 Å². The zero-order valence-corrected chi connectivity index (χ0v) is 16.7. The van der Waals surface area contributed by atoms with Gasteiger partial charge in [-0.05, 0) is 38.3 Å². The largest absolute Gasteiger partial charge is 0.488 e. The molecular weight excluding hydrogens is 406 g/mol. The van der Waals surface area contributed by atoms with Crippen molar-refractivity contribution in [3.05, 3.63) is 35.5 Å². The van der Waals surface area contributed by atoms with E-state index >= 15 is 0 Å². The maximum atomic E-state index is 14.2. The quantitative estimate of drug-likeness (QED) is 0.631. The highest BCUT2D eigenvalue weighted by atomic mass is 19.4. The molecule has 0 spiro atoms. The summed E-state index contributed by atoms with van der Waals surface area (Å²) in [6.45, 7) is 4.87. The number of nitrogens with zero attached hydrogens (tertiary/aromatic N) is 2. The van der Waals surface area contributed by atoms with Crippen LogP contribution in [0.25, 0.3) is 0 Å². The van der Waals surface area contributed by atoms with Crippen molar-refractivity contribution in [3.8, 4) is 5.75 Å². The van der Waals surface area contributed by atoms with Crippen LogP contribution >= 0.6 is 0 Å². The Morgan fingerprint density at radius 2 is 2.03 bits per heavy atom. The molecular formula is C20H23F4N3O3. The minimum atomic E-state index is -4.57. The van der Waals surface area contributed by atoms with Crippen molar-refractivity contribution in [2.75, 3.05) is 23.3 Å². The number of amides is 1. The number of rotatable bonds is 7. The van der Waals surface area contributed by atoms with Crippen molar-refractivity contribution in [1.29, 1.82) is 0 Å². The first-order valence-corrected chi connectivity index (χ1v) is 9.75. The predicted molar refractivity (Wildman–Crippen MR) is 102 cm³/mol. The molecule has 10 heteroatoms. The van der Waals surface area contributed by atoms with Crippen molar-refractivity contribution < 1.29 is 31.5 Å². The normalized spacial score (nSPS) is 15.3. The van der Waals surface area contributed by atoms with E-state index in [0.29, 0.717) is 19.5 Å². The third-order valence-corrected chi connectivity index (χ3v) is 4.73. The van der Waals surface area contributed by atoms with Crippen LogP contribution in [0.1, 0.15) is 49.4 Å². The molecule has 30 heavy (non-hydrogen) atoms. The lowest BCUT2D eigenvalue weighted by Gasteiger charge is -2.14. The summed E-state index contributed by atoms with van der Waals surface area (Å²) in [4.78, 5) is 18.3. The van der Waals surface area contributed by atoms with E-state index in [-0.39, 0.29) is 23.6 Å². The average Bonchev–Trinajstić information content (AvgIpc) is 3.32. The SMILES string of the molecule is CCC(C)Oc1ccc(NC(=O)c2nc(N3CCCC3)oc2CC(F)(F)F)cc1F. The van der Waals surface area contributed by atoms with Crippen molar-refractivity contribution in [2.24, 2.45) is 0 Å². The topological polar surface area (TPSA) is 67.6 Å². The van der Waals surface area contributed by atoms with E-state index < -0.39 is 35.8 Å². The number of ether oxygens (including phenoxy) is 1. The Labute approximate surface area is 171 Å². The van der Waals surface area contributed by atoms with Gasteiger partial charge >= 0.3 is 6.18 Å². The van der Waals surface area contributed by atoms with Gasteiger partial charge in [0.25, 0.3) is 11.9 Å². The number of oxazole rings is 1. The summed E-state index contributed by atoms with van der Waals surface area (Å²) >= 11 is 0. The zero-order chi connectivity index (χ0) is 21.9. The fourth-order valence-electron chi connectivity index (χ4n) is 3.03. The number of halogens is 4. The lowest BCUT2D eigenvalue weighted by Crippen LogP contribution is -2.19. The van der Waals surface area contributed by atoms with Crippen molar-refractivity contribution in [1.82, 2.24) is 4.98 Å². The van der Waals surface area contributed by atoms with E-state index in [2.05, 4.69) is 10.3 Å². The second-order valence-corrected chi connectivity index (χ2v) is 7.19. The molecule has 164 valence electrons. The lowest BCUT2D eigenvalue weighted by molar-refractivity contribution is -0.130. The van der Waals surface area contributed by atoms with Crippen molar-refractivity contribution in [3.63, 3.8) is 0 Å². The van der Waals surface area contributed by atoms with Gasteiger partial charge in [-0.2, -0.15) is 18.2 Å². The van der Waals surface area contributed by atoms with Crippen LogP contribution in [0.2, 0.25) is 0 Å². The van der Waals surface area contributed by atoms with Crippen LogP contribution in [0.5, 0.6) is 5.75 Å². The van der Waals surface area contributed by atoms with Crippen LogP contribution in [-0.4, -0.2) is 36.3 Å². The first-order valence-electron chi connectivity index (χ1n) is 9.75. The molecule has 1 amide bonds. The number of hydrogen-bond acceptors (Lipinski definition) is 5. The van der Waals surface area contributed by atoms with Gasteiger partial charge in [-0.25, -0.2) is 4.39 Å². The number of hydrogen-bond donors (Lipinski definition) is 1. The Bertz CT molecular complexity index is 892. The third-order valence-electron chi connectivity index (χ3n) is 4.73. The summed E-state index contributed by atoms with van der Waals surface area (Å²) in [5.74, 6) is -2.14. The monoisotopic (exact) mass is 429 g/mol. The summed E-state index contributed by atoms with van der Waals surface area (Å²) < 4.78 is 63.7. The van der Waals surface area contributed by atoms with Crippen LogP contribution in [0, 0.1) is 5.82 Å². The van der Waals surface area contributed by atoms with E-state index in [1.165, 1.54) is 12.1 Å². The van der Waals surface area contributed by atoms with Gasteiger partial charge in [0.05, 0.1) is 6.10 Å². The Balaban J connectivity index is 1.80. The molecule has 1 N–H and O–H groups in total. The van der Waals surface area contributed by atoms with Gasteiger partial charge in [0.2, 0.25) is 0 Å². The van der Waals surface area contributed by atoms with Crippen molar-refractivity contribution >= 4 is 17.6 Å². The second kappa shape index (κ2) is 8.93. The molecule has 0 saturated carbocycles. The molecule has 0 aliphatic carbocycles. The van der Waals surface area contributed by atoms with Crippen LogP contribution in [0.15, 0.2) is 22.6 Å². The Morgan fingerprint density at radius 1 is 1.33 bits per heavy atom. The molecule has 1 saturated heterocycles. The van der Waals surface area contributed by atoms with Crippen LogP contribution in [0.3, 0.4) is 0 Å². The number of anilines is 2. The fraction of sp³-hybridized carbons (Fsp3) is 0.500. The molecule has 3 rings (SSSR count). The summed E-state index contributed by atoms with van der Waals surface area (Å²) in [6.07, 6.45) is -3.77. The highest BCUT2D eigenvalue weighted by Gasteiger charge is 2.35. The first-order chi connectivity index (χ1) is 14.2. The predicted octanol–water partition coefficient (Wildman–Crippen LogP) is 4.95. The van der Waals surface area contributed by atoms with E-state index in [9.17, 15) is 22.4 Å². The molecule has 2 aromatic rings. The lowest BCUT2D eigenvalue weighted by atomic mass is 10.2. The molecule has 1 atom stereocenters. The highest BCUT2D eigenvalue weighted by Crippen LogP contribution is 2.29. The van der Waals surface area contributed by atoms with Gasteiger partial charge in [0, 0.05) is 24.8 Å². The molecule has 1 fully saturated rings. The molecule has 1 aliphatic heterocycles. The molecule has 2 heterocycles. The van der Waals surface area contributed by atoms with Gasteiger partial charge in [-0.1, -0.05) is 6.92 Å². The van der Waals surface area contributed by atoms with Crippen LogP contribution in [-0.2, 0) is 6.42 Å². The maximum Gasteiger partial charge on any atom is 0.396 e. The number of carbonyl (C=O) groups is 1. The van der Waals surface area contributed by atoms with E-state index in [0.717, 1.165) is 18.9 Å². The molecule has 6 nitrogen and oxygen atoms in total. The number of benzene rings is 1. The highest BCUT2D eigenvalue weighted by molar-refractivity contribution is 6.03. The van der Waals surface area contributed by atoms with Gasteiger partial charge in [0.1, 0.15) is 12.2 Å². The summed E-state index contributed by atoms with van der Waals surface area (Å²) in [7, 11) is 0. The third kappa shape index (κ3) is 5.43. The molecule has 1 unspecified atom stereocenters. The van der Waals surface area contributed by atoms with Gasteiger partial charge in [-0.3, -0.25) is 4.79 Å². The number of alkyl halides is 3. The average molecular weight is 429 g/mol. The minimum absolute atomic E-state index is 0.0135. The molecule has 1 aromatic heterocycles. The van der Waals surface area contributed by atoms with E-state index in [1.54, 1.807) is 11.8 Å². The summed E-state index contributed by atoms with van der Waals surface area (Å²) in [5.41, 5.74) is -0.396. The van der Waals surface area contributed by atoms with Gasteiger partial charge in [0.15, 0.2) is 17.3 Å². The summed E-state index contributed by atoms with van der Waals surface area (Å²) in [6, 6.07) is 3.79. The van der Waals surface area contributed by atoms with Crippen molar-refractivity contribution in [2.45, 2.75) is 51.8 Å². The fourth-order valence-corrected chi connectivity index (χ4v) is 3.03. The maximum absolute atomic E-state index is 14.2. The Morgan fingerprint density at radius 3 is 2.63 bits per heavy atom. The number of nitrogens with one attached hydrogen (secondary N) is 1. The minimum Gasteiger partial charge on any atom is -0.488 e. The Hall–Kier alpha value is -2.78.